The molecule has 0 unspecified atom stereocenters. The molecule has 0 aliphatic rings. The van der Waals surface area contributed by atoms with Crippen molar-refractivity contribution in [1.29, 1.82) is 0 Å². The molecule has 0 aliphatic carbocycles. The van der Waals surface area contributed by atoms with Crippen molar-refractivity contribution < 1.29 is 9.85 Å². The standard InChI is InChI=1S/C8H7ClN2O4/c9-8-2-1-7(11(14)15)5-6(8)3-4-10(12)13/h1-2,5H,3-4H2. The van der Waals surface area contributed by atoms with Crippen molar-refractivity contribution in [3.63, 3.8) is 0 Å². The fourth-order valence-electron chi connectivity index (χ4n) is 1.08. The van der Waals surface area contributed by atoms with Crippen molar-refractivity contribution in [2.24, 2.45) is 0 Å². The number of nitro groups is 2. The zero-order valence-electron chi connectivity index (χ0n) is 7.55. The van der Waals surface area contributed by atoms with Crippen LogP contribution in [0.1, 0.15) is 5.56 Å². The van der Waals surface area contributed by atoms with Gasteiger partial charge in [0, 0.05) is 28.5 Å². The number of non-ortho nitro benzene ring substituents is 1. The lowest BCUT2D eigenvalue weighted by molar-refractivity contribution is -0.479. The van der Waals surface area contributed by atoms with Gasteiger partial charge in [-0.05, 0) is 11.6 Å². The third kappa shape index (κ3) is 3.17. The fourth-order valence-corrected chi connectivity index (χ4v) is 1.29. The first-order valence-electron chi connectivity index (χ1n) is 4.05. The summed E-state index contributed by atoms with van der Waals surface area (Å²) in [6.07, 6.45) is 0.0908. The summed E-state index contributed by atoms with van der Waals surface area (Å²) in [5.74, 6) is 0. The summed E-state index contributed by atoms with van der Waals surface area (Å²) in [7, 11) is 0. The highest BCUT2D eigenvalue weighted by atomic mass is 35.5. The number of benzene rings is 1. The number of halogens is 1. The van der Waals surface area contributed by atoms with E-state index >= 15 is 0 Å². The number of hydrogen-bond acceptors (Lipinski definition) is 4. The van der Waals surface area contributed by atoms with E-state index in [4.69, 9.17) is 11.6 Å². The molecule has 0 saturated heterocycles. The molecule has 15 heavy (non-hydrogen) atoms. The first kappa shape index (κ1) is 11.4. The summed E-state index contributed by atoms with van der Waals surface area (Å²) < 4.78 is 0. The zero-order chi connectivity index (χ0) is 11.4. The molecule has 0 heterocycles. The molecule has 0 amide bonds. The van der Waals surface area contributed by atoms with Crippen LogP contribution in [0, 0.1) is 20.2 Å². The Balaban J connectivity index is 2.90. The Morgan fingerprint density at radius 2 is 1.93 bits per heavy atom. The van der Waals surface area contributed by atoms with Crippen LogP contribution in [0.4, 0.5) is 5.69 Å². The van der Waals surface area contributed by atoms with Crippen molar-refractivity contribution in [2.45, 2.75) is 6.42 Å². The van der Waals surface area contributed by atoms with Crippen LogP contribution in [0.5, 0.6) is 0 Å². The molecule has 0 radical (unpaired) electrons. The largest absolute Gasteiger partial charge is 0.269 e. The topological polar surface area (TPSA) is 86.3 Å². The molecule has 0 saturated carbocycles. The summed E-state index contributed by atoms with van der Waals surface area (Å²) in [4.78, 5) is 19.5. The van der Waals surface area contributed by atoms with Gasteiger partial charge in [-0.3, -0.25) is 20.2 Å². The van der Waals surface area contributed by atoms with Gasteiger partial charge >= 0.3 is 0 Å². The summed E-state index contributed by atoms with van der Waals surface area (Å²) in [6.45, 7) is -0.291. The van der Waals surface area contributed by atoms with Gasteiger partial charge in [-0.25, -0.2) is 0 Å². The van der Waals surface area contributed by atoms with Crippen LogP contribution in [0.25, 0.3) is 0 Å². The number of nitrogens with zero attached hydrogens (tertiary/aromatic N) is 2. The molecule has 0 spiro atoms. The molecule has 1 aromatic rings. The molecular formula is C8H7ClN2O4. The molecule has 80 valence electrons. The van der Waals surface area contributed by atoms with Crippen molar-refractivity contribution in [2.75, 3.05) is 6.54 Å². The lowest BCUT2D eigenvalue weighted by Gasteiger charge is -2.00. The molecule has 1 aromatic carbocycles. The average Bonchev–Trinajstić information content (AvgIpc) is 2.16. The first-order chi connectivity index (χ1) is 7.00. The second kappa shape index (κ2) is 4.70. The minimum atomic E-state index is -0.564. The highest BCUT2D eigenvalue weighted by Crippen LogP contribution is 2.22. The Bertz CT molecular complexity index is 408. The van der Waals surface area contributed by atoms with Gasteiger partial charge in [0.1, 0.15) is 0 Å². The van der Waals surface area contributed by atoms with Crippen molar-refractivity contribution in [3.05, 3.63) is 49.0 Å². The fraction of sp³-hybridized carbons (Fsp3) is 0.250. The first-order valence-corrected chi connectivity index (χ1v) is 4.43. The molecule has 1 rings (SSSR count). The van der Waals surface area contributed by atoms with Gasteiger partial charge in [0.15, 0.2) is 0 Å². The minimum absolute atomic E-state index is 0.0908. The third-order valence-corrected chi connectivity index (χ3v) is 2.17. The summed E-state index contributed by atoms with van der Waals surface area (Å²) in [5.41, 5.74) is 0.306. The quantitative estimate of drug-likeness (QED) is 0.585. The van der Waals surface area contributed by atoms with Gasteiger partial charge in [0.05, 0.1) is 4.92 Å². The van der Waals surface area contributed by atoms with Gasteiger partial charge < -0.3 is 0 Å². The Hall–Kier alpha value is -1.69. The van der Waals surface area contributed by atoms with Gasteiger partial charge in [-0.2, -0.15) is 0 Å². The zero-order valence-corrected chi connectivity index (χ0v) is 8.31. The van der Waals surface area contributed by atoms with Crippen molar-refractivity contribution >= 4 is 17.3 Å². The minimum Gasteiger partial charge on any atom is -0.265 e. The highest BCUT2D eigenvalue weighted by Gasteiger charge is 2.11. The Labute approximate surface area is 89.8 Å². The van der Waals surface area contributed by atoms with Crippen LogP contribution in [-0.4, -0.2) is 16.4 Å². The van der Waals surface area contributed by atoms with Crippen LogP contribution in [0.15, 0.2) is 18.2 Å². The predicted molar refractivity (Wildman–Crippen MR) is 53.7 cm³/mol. The lowest BCUT2D eigenvalue weighted by atomic mass is 10.1. The third-order valence-electron chi connectivity index (χ3n) is 1.80. The second-order valence-electron chi connectivity index (χ2n) is 2.84. The maximum atomic E-state index is 10.4. The molecule has 0 aromatic heterocycles. The molecule has 0 aliphatic heterocycles. The lowest BCUT2D eigenvalue weighted by Crippen LogP contribution is -2.04. The summed E-state index contributed by atoms with van der Waals surface area (Å²) in [5, 5.41) is 20.9. The van der Waals surface area contributed by atoms with Gasteiger partial charge in [-0.15, -0.1) is 0 Å². The van der Waals surface area contributed by atoms with Crippen LogP contribution in [0.3, 0.4) is 0 Å². The second-order valence-corrected chi connectivity index (χ2v) is 3.25. The normalized spacial score (nSPS) is 9.93. The van der Waals surface area contributed by atoms with Gasteiger partial charge in [-0.1, -0.05) is 11.6 Å². The SMILES string of the molecule is O=[N+]([O-])CCc1cc([N+](=O)[O-])ccc1Cl. The van der Waals surface area contributed by atoms with E-state index in [9.17, 15) is 20.2 Å². The molecule has 0 atom stereocenters. The van der Waals surface area contributed by atoms with E-state index in [2.05, 4.69) is 0 Å². The van der Waals surface area contributed by atoms with Crippen LogP contribution >= 0.6 is 11.6 Å². The van der Waals surface area contributed by atoms with E-state index in [1.165, 1.54) is 18.2 Å². The Morgan fingerprint density at radius 1 is 1.27 bits per heavy atom. The van der Waals surface area contributed by atoms with Crippen molar-refractivity contribution in [1.82, 2.24) is 0 Å². The number of hydrogen-bond donors (Lipinski definition) is 0. The maximum absolute atomic E-state index is 10.4. The summed E-state index contributed by atoms with van der Waals surface area (Å²) >= 11 is 5.74. The Kier molecular flexibility index (Phi) is 3.56. The molecule has 0 fully saturated rings. The monoisotopic (exact) mass is 230 g/mol. The predicted octanol–water partition coefficient (Wildman–Crippen LogP) is 2.07. The van der Waals surface area contributed by atoms with Crippen LogP contribution in [0.2, 0.25) is 5.02 Å². The molecule has 7 heteroatoms. The summed E-state index contributed by atoms with van der Waals surface area (Å²) in [6, 6.07) is 3.89. The van der Waals surface area contributed by atoms with Crippen molar-refractivity contribution in [3.8, 4) is 0 Å². The average molecular weight is 231 g/mol. The van der Waals surface area contributed by atoms with E-state index in [-0.39, 0.29) is 18.7 Å². The highest BCUT2D eigenvalue weighted by molar-refractivity contribution is 6.31. The van der Waals surface area contributed by atoms with E-state index in [1.807, 2.05) is 0 Å². The van der Waals surface area contributed by atoms with E-state index in [1.54, 1.807) is 0 Å². The number of nitro benzene ring substituents is 1. The smallest absolute Gasteiger partial charge is 0.265 e. The molecular weight excluding hydrogens is 224 g/mol. The van der Waals surface area contributed by atoms with Crippen LogP contribution < -0.4 is 0 Å². The Morgan fingerprint density at radius 3 is 2.47 bits per heavy atom. The van der Waals surface area contributed by atoms with Gasteiger partial charge in [0.2, 0.25) is 6.54 Å². The van der Waals surface area contributed by atoms with E-state index in [0.29, 0.717) is 10.6 Å². The van der Waals surface area contributed by atoms with Gasteiger partial charge in [0.25, 0.3) is 5.69 Å². The van der Waals surface area contributed by atoms with Crippen LogP contribution in [-0.2, 0) is 6.42 Å². The van der Waals surface area contributed by atoms with E-state index in [0.717, 1.165) is 0 Å². The molecule has 6 nitrogen and oxygen atoms in total. The van der Waals surface area contributed by atoms with E-state index < -0.39 is 9.85 Å². The maximum Gasteiger partial charge on any atom is 0.269 e. The molecule has 0 bridgehead atoms. The number of rotatable bonds is 4. The molecule has 0 N–H and O–H groups in total.